The Labute approximate surface area is 88.4 Å². The van der Waals surface area contributed by atoms with Crippen LogP contribution in [0.15, 0.2) is 4.99 Å². The molecule has 0 aliphatic carbocycles. The van der Waals surface area contributed by atoms with Crippen molar-refractivity contribution in [3.8, 4) is 0 Å². The average Bonchev–Trinajstić information content (AvgIpc) is 3.02. The van der Waals surface area contributed by atoms with Gasteiger partial charge in [-0.2, -0.15) is 0 Å². The molecule has 0 saturated carbocycles. The van der Waals surface area contributed by atoms with Crippen LogP contribution in [0.5, 0.6) is 0 Å². The number of ether oxygens (including phenoxy) is 1. The number of aliphatic hydroxyl groups excluding tert-OH is 3. The summed E-state index contributed by atoms with van der Waals surface area (Å²) in [5.41, 5.74) is 1.14. The van der Waals surface area contributed by atoms with Gasteiger partial charge >= 0.3 is 0 Å². The molecule has 0 radical (unpaired) electrons. The normalized spacial score (nSPS) is 45.1. The monoisotopic (exact) mass is 215 g/mol. The van der Waals surface area contributed by atoms with Gasteiger partial charge in [0.1, 0.15) is 18.3 Å². The topological polar surface area (TPSA) is 82.3 Å². The standard InChI is InChI=1S/C10H17NO4/c1-5-8(12)10(14)9(13)7(15-5)3-2-6-4-11-6/h5,7-10,12-14H,2-4H2,1H3. The number of rotatable bonds is 3. The summed E-state index contributed by atoms with van der Waals surface area (Å²) >= 11 is 0. The third-order valence-electron chi connectivity index (χ3n) is 3.05. The minimum Gasteiger partial charge on any atom is -0.388 e. The Morgan fingerprint density at radius 1 is 1.27 bits per heavy atom. The second-order valence-corrected chi connectivity index (χ2v) is 4.27. The van der Waals surface area contributed by atoms with E-state index < -0.39 is 30.5 Å². The van der Waals surface area contributed by atoms with E-state index >= 15 is 0 Å². The maximum absolute atomic E-state index is 9.68. The zero-order valence-corrected chi connectivity index (χ0v) is 8.71. The Kier molecular flexibility index (Phi) is 3.06. The Morgan fingerprint density at radius 3 is 2.53 bits per heavy atom. The van der Waals surface area contributed by atoms with Crippen molar-refractivity contribution in [3.63, 3.8) is 0 Å². The van der Waals surface area contributed by atoms with Crippen molar-refractivity contribution in [2.45, 2.75) is 50.3 Å². The first kappa shape index (κ1) is 11.0. The van der Waals surface area contributed by atoms with Gasteiger partial charge in [0.25, 0.3) is 0 Å². The van der Waals surface area contributed by atoms with Crippen LogP contribution < -0.4 is 0 Å². The van der Waals surface area contributed by atoms with Crippen molar-refractivity contribution in [2.24, 2.45) is 4.99 Å². The maximum Gasteiger partial charge on any atom is 0.111 e. The molecule has 0 spiro atoms. The van der Waals surface area contributed by atoms with Crippen LogP contribution >= 0.6 is 0 Å². The van der Waals surface area contributed by atoms with Gasteiger partial charge in [-0.05, 0) is 19.8 Å². The molecule has 5 nitrogen and oxygen atoms in total. The van der Waals surface area contributed by atoms with Gasteiger partial charge < -0.3 is 20.1 Å². The van der Waals surface area contributed by atoms with Crippen molar-refractivity contribution >= 4 is 5.71 Å². The molecule has 2 aliphatic rings. The largest absolute Gasteiger partial charge is 0.388 e. The second-order valence-electron chi connectivity index (χ2n) is 4.27. The number of hydrogen-bond donors (Lipinski definition) is 3. The molecule has 15 heavy (non-hydrogen) atoms. The molecular formula is C10H17NO4. The molecule has 5 heteroatoms. The molecule has 0 amide bonds. The van der Waals surface area contributed by atoms with Crippen LogP contribution in [0, 0.1) is 0 Å². The van der Waals surface area contributed by atoms with Crippen LogP contribution in [0.4, 0.5) is 0 Å². The van der Waals surface area contributed by atoms with Gasteiger partial charge in [0, 0.05) is 5.71 Å². The van der Waals surface area contributed by atoms with E-state index in [1.807, 2.05) is 0 Å². The minimum absolute atomic E-state index is 0.401. The summed E-state index contributed by atoms with van der Waals surface area (Å²) in [6, 6.07) is 0. The molecule has 5 atom stereocenters. The van der Waals surface area contributed by atoms with E-state index in [2.05, 4.69) is 4.99 Å². The first-order valence-electron chi connectivity index (χ1n) is 5.31. The molecule has 1 fully saturated rings. The van der Waals surface area contributed by atoms with Gasteiger partial charge in [-0.25, -0.2) is 0 Å². The molecule has 2 aliphatic heterocycles. The zero-order chi connectivity index (χ0) is 11.0. The number of aliphatic imine (C=N–C) groups is 1. The predicted molar refractivity (Wildman–Crippen MR) is 53.9 cm³/mol. The lowest BCUT2D eigenvalue weighted by atomic mass is 9.93. The van der Waals surface area contributed by atoms with E-state index in [1.54, 1.807) is 6.92 Å². The fourth-order valence-corrected chi connectivity index (χ4v) is 1.90. The van der Waals surface area contributed by atoms with Crippen molar-refractivity contribution < 1.29 is 20.1 Å². The van der Waals surface area contributed by atoms with Gasteiger partial charge in [0.2, 0.25) is 0 Å². The number of aliphatic hydroxyl groups is 3. The molecule has 5 unspecified atom stereocenters. The summed E-state index contributed by atoms with van der Waals surface area (Å²) in [4.78, 5) is 4.03. The Morgan fingerprint density at radius 2 is 1.93 bits per heavy atom. The quantitative estimate of drug-likeness (QED) is 0.569. The van der Waals surface area contributed by atoms with Gasteiger partial charge in [0.05, 0.1) is 18.8 Å². The number of hydrogen-bond acceptors (Lipinski definition) is 5. The van der Waals surface area contributed by atoms with E-state index in [9.17, 15) is 15.3 Å². The molecule has 0 aromatic carbocycles. The summed E-state index contributed by atoms with van der Waals surface area (Å²) in [5.74, 6) is 0. The van der Waals surface area contributed by atoms with Crippen LogP contribution in [0.25, 0.3) is 0 Å². The Bertz CT molecular complexity index is 268. The molecule has 3 N–H and O–H groups in total. The van der Waals surface area contributed by atoms with Crippen molar-refractivity contribution in [1.82, 2.24) is 0 Å². The van der Waals surface area contributed by atoms with E-state index in [0.29, 0.717) is 6.42 Å². The Hall–Kier alpha value is -0.490. The highest BCUT2D eigenvalue weighted by atomic mass is 16.5. The zero-order valence-electron chi connectivity index (χ0n) is 8.71. The predicted octanol–water partition coefficient (Wildman–Crippen LogP) is -0.909. The minimum atomic E-state index is -1.11. The van der Waals surface area contributed by atoms with E-state index in [0.717, 1.165) is 18.7 Å². The Balaban J connectivity index is 1.89. The highest BCUT2D eigenvalue weighted by molar-refractivity contribution is 5.96. The summed E-state index contributed by atoms with van der Waals surface area (Å²) in [7, 11) is 0. The lowest BCUT2D eigenvalue weighted by Crippen LogP contribution is -2.56. The number of nitrogens with zero attached hydrogens (tertiary/aromatic N) is 1. The van der Waals surface area contributed by atoms with Crippen molar-refractivity contribution in [1.29, 1.82) is 0 Å². The van der Waals surface area contributed by atoms with E-state index in [-0.39, 0.29) is 0 Å². The first-order valence-corrected chi connectivity index (χ1v) is 5.31. The smallest absolute Gasteiger partial charge is 0.111 e. The first-order chi connectivity index (χ1) is 7.09. The highest BCUT2D eigenvalue weighted by Gasteiger charge is 2.41. The lowest BCUT2D eigenvalue weighted by molar-refractivity contribution is -0.217. The fraction of sp³-hybridized carbons (Fsp3) is 0.900. The SMILES string of the molecule is CC1OC(CCC2=NC2)C(O)C(O)C1O. The van der Waals surface area contributed by atoms with Gasteiger partial charge in [0.15, 0.2) is 0 Å². The molecule has 1 saturated heterocycles. The van der Waals surface area contributed by atoms with Gasteiger partial charge in [-0.3, -0.25) is 4.99 Å². The molecule has 2 heterocycles. The summed E-state index contributed by atoms with van der Waals surface area (Å²) in [6.07, 6.45) is -2.51. The van der Waals surface area contributed by atoms with E-state index in [4.69, 9.17) is 4.74 Å². The molecule has 0 aromatic heterocycles. The van der Waals surface area contributed by atoms with Crippen LogP contribution in [-0.2, 0) is 4.74 Å². The second kappa shape index (κ2) is 4.17. The average molecular weight is 215 g/mol. The summed E-state index contributed by atoms with van der Waals surface area (Å²) in [5, 5.41) is 28.7. The molecule has 0 bridgehead atoms. The van der Waals surface area contributed by atoms with Crippen LogP contribution in [-0.4, -0.2) is 58.1 Å². The van der Waals surface area contributed by atoms with Crippen LogP contribution in [0.3, 0.4) is 0 Å². The van der Waals surface area contributed by atoms with Gasteiger partial charge in [-0.1, -0.05) is 0 Å². The van der Waals surface area contributed by atoms with Crippen LogP contribution in [0.2, 0.25) is 0 Å². The van der Waals surface area contributed by atoms with E-state index in [1.165, 1.54) is 0 Å². The summed E-state index contributed by atoms with van der Waals surface area (Å²) < 4.78 is 5.44. The lowest BCUT2D eigenvalue weighted by Gasteiger charge is -2.39. The third kappa shape index (κ3) is 2.36. The van der Waals surface area contributed by atoms with Crippen LogP contribution in [0.1, 0.15) is 19.8 Å². The summed E-state index contributed by atoms with van der Waals surface area (Å²) in [6.45, 7) is 2.52. The third-order valence-corrected chi connectivity index (χ3v) is 3.05. The molecular weight excluding hydrogens is 198 g/mol. The maximum atomic E-state index is 9.68. The molecule has 0 aromatic rings. The van der Waals surface area contributed by atoms with Crippen molar-refractivity contribution in [3.05, 3.63) is 0 Å². The fourth-order valence-electron chi connectivity index (χ4n) is 1.90. The molecule has 86 valence electrons. The van der Waals surface area contributed by atoms with Gasteiger partial charge in [-0.15, -0.1) is 0 Å². The highest BCUT2D eigenvalue weighted by Crippen LogP contribution is 2.24. The molecule has 2 rings (SSSR count). The van der Waals surface area contributed by atoms with Crippen molar-refractivity contribution in [2.75, 3.05) is 6.54 Å².